The van der Waals surface area contributed by atoms with Gasteiger partial charge in [0.25, 0.3) is 5.91 Å². The second-order valence-corrected chi connectivity index (χ2v) is 7.73. The molecule has 2 aromatic rings. The van der Waals surface area contributed by atoms with Crippen molar-refractivity contribution in [1.82, 2.24) is 4.90 Å². The van der Waals surface area contributed by atoms with Gasteiger partial charge in [0.15, 0.2) is 0 Å². The summed E-state index contributed by atoms with van der Waals surface area (Å²) in [5.74, 6) is -0.936. The van der Waals surface area contributed by atoms with Gasteiger partial charge in [-0.2, -0.15) is 0 Å². The fourth-order valence-corrected chi connectivity index (χ4v) is 3.69. The summed E-state index contributed by atoms with van der Waals surface area (Å²) < 4.78 is 10.2. The molecule has 1 atom stereocenters. The van der Waals surface area contributed by atoms with E-state index in [1.165, 1.54) is 18.1 Å². The van der Waals surface area contributed by atoms with Gasteiger partial charge in [-0.3, -0.25) is 9.59 Å². The highest BCUT2D eigenvalue weighted by Gasteiger charge is 2.47. The lowest BCUT2D eigenvalue weighted by atomic mass is 10.1. The maximum Gasteiger partial charge on any atom is 0.338 e. The molecule has 0 aromatic heterocycles. The van der Waals surface area contributed by atoms with Crippen molar-refractivity contribution < 1.29 is 28.7 Å². The summed E-state index contributed by atoms with van der Waals surface area (Å²) in [6, 6.07) is 11.2. The molecule has 2 aromatic carbocycles. The number of amides is 4. The van der Waals surface area contributed by atoms with Crippen LogP contribution in [0.3, 0.4) is 0 Å². The van der Waals surface area contributed by atoms with Crippen molar-refractivity contribution in [2.75, 3.05) is 23.9 Å². The molecule has 9 nitrogen and oxygen atoms in total. The first-order chi connectivity index (χ1) is 15.8. The molecule has 0 unspecified atom stereocenters. The van der Waals surface area contributed by atoms with Crippen molar-refractivity contribution in [2.45, 2.75) is 39.3 Å². The zero-order valence-corrected chi connectivity index (χ0v) is 19.0. The average molecular weight is 453 g/mol. The molecule has 1 aliphatic heterocycles. The lowest BCUT2D eigenvalue weighted by molar-refractivity contribution is -0.124. The van der Waals surface area contributed by atoms with Crippen molar-refractivity contribution >= 4 is 35.2 Å². The number of urea groups is 1. The average Bonchev–Trinajstić information content (AvgIpc) is 3.03. The smallest absolute Gasteiger partial charge is 0.338 e. The highest BCUT2D eigenvalue weighted by Crippen LogP contribution is 2.30. The molecule has 0 bridgehead atoms. The zero-order valence-electron chi connectivity index (χ0n) is 19.0. The second-order valence-electron chi connectivity index (χ2n) is 7.73. The summed E-state index contributed by atoms with van der Waals surface area (Å²) in [5.41, 5.74) is 1.07. The topological polar surface area (TPSA) is 105 Å². The number of imide groups is 1. The van der Waals surface area contributed by atoms with E-state index in [2.05, 4.69) is 5.32 Å². The van der Waals surface area contributed by atoms with Gasteiger partial charge < -0.3 is 19.7 Å². The molecule has 3 rings (SSSR count). The van der Waals surface area contributed by atoms with Gasteiger partial charge in [0, 0.05) is 17.8 Å². The van der Waals surface area contributed by atoms with Crippen LogP contribution >= 0.6 is 0 Å². The highest BCUT2D eigenvalue weighted by molar-refractivity contribution is 6.22. The van der Waals surface area contributed by atoms with Gasteiger partial charge in [0.05, 0.1) is 31.4 Å². The van der Waals surface area contributed by atoms with Crippen LogP contribution in [-0.4, -0.2) is 54.5 Å². The maximum atomic E-state index is 13.2. The lowest BCUT2D eigenvalue weighted by Crippen LogP contribution is -2.42. The molecule has 0 saturated carbocycles. The van der Waals surface area contributed by atoms with E-state index in [4.69, 9.17) is 9.47 Å². The van der Waals surface area contributed by atoms with Gasteiger partial charge in [-0.1, -0.05) is 12.1 Å². The van der Waals surface area contributed by atoms with Gasteiger partial charge in [-0.05, 0) is 51.1 Å². The largest absolute Gasteiger partial charge is 0.497 e. The molecule has 0 aliphatic carbocycles. The number of ether oxygens (including phenoxy) is 2. The van der Waals surface area contributed by atoms with Crippen molar-refractivity contribution in [3.8, 4) is 5.75 Å². The van der Waals surface area contributed by atoms with Crippen LogP contribution in [0.4, 0.5) is 16.2 Å². The Kier molecular flexibility index (Phi) is 7.32. The standard InChI is InChI=1S/C24H27N3O6/c1-5-33-23(30)16-8-6-9-17(12-16)25-21(28)14-20-22(29)27(24(31)26(20)15(2)3)18-10-7-11-19(13-18)32-4/h6-13,15,20H,5,14H2,1-4H3,(H,25,28)/t20-/m1/s1. The van der Waals surface area contributed by atoms with Crippen molar-refractivity contribution in [2.24, 2.45) is 0 Å². The fourth-order valence-electron chi connectivity index (χ4n) is 3.69. The van der Waals surface area contributed by atoms with Crippen molar-refractivity contribution in [1.29, 1.82) is 0 Å². The predicted octanol–water partition coefficient (Wildman–Crippen LogP) is 3.45. The first-order valence-corrected chi connectivity index (χ1v) is 10.6. The van der Waals surface area contributed by atoms with Crippen molar-refractivity contribution in [3.63, 3.8) is 0 Å². The summed E-state index contributed by atoms with van der Waals surface area (Å²) in [5, 5.41) is 2.70. The number of methoxy groups -OCH3 is 1. The molecule has 4 amide bonds. The van der Waals surface area contributed by atoms with Crippen LogP contribution in [0.15, 0.2) is 48.5 Å². The summed E-state index contributed by atoms with van der Waals surface area (Å²) >= 11 is 0. The van der Waals surface area contributed by atoms with Crippen LogP contribution in [0.2, 0.25) is 0 Å². The first-order valence-electron chi connectivity index (χ1n) is 10.6. The molecular formula is C24H27N3O6. The van der Waals surface area contributed by atoms with E-state index in [1.54, 1.807) is 63.2 Å². The number of carbonyl (C=O) groups is 4. The Morgan fingerprint density at radius 2 is 1.82 bits per heavy atom. The number of nitrogens with zero attached hydrogens (tertiary/aromatic N) is 2. The molecule has 1 fully saturated rings. The van der Waals surface area contributed by atoms with Crippen molar-refractivity contribution in [3.05, 3.63) is 54.1 Å². The maximum absolute atomic E-state index is 13.2. The number of hydrogen-bond donors (Lipinski definition) is 1. The number of nitrogens with one attached hydrogen (secondary N) is 1. The third kappa shape index (κ3) is 5.14. The fraction of sp³-hybridized carbons (Fsp3) is 0.333. The number of esters is 1. The number of rotatable bonds is 8. The van der Waals surface area contributed by atoms with Crippen LogP contribution in [0.25, 0.3) is 0 Å². The van der Waals surface area contributed by atoms with Gasteiger partial charge in [0.1, 0.15) is 11.8 Å². The molecular weight excluding hydrogens is 426 g/mol. The molecule has 9 heteroatoms. The minimum absolute atomic E-state index is 0.229. The third-order valence-electron chi connectivity index (χ3n) is 5.16. The van der Waals surface area contributed by atoms with Crippen LogP contribution < -0.4 is 15.0 Å². The van der Waals surface area contributed by atoms with E-state index in [0.717, 1.165) is 4.90 Å². The molecule has 0 radical (unpaired) electrons. The summed E-state index contributed by atoms with van der Waals surface area (Å²) in [6.45, 7) is 5.52. The minimum Gasteiger partial charge on any atom is -0.497 e. The monoisotopic (exact) mass is 453 g/mol. The molecule has 33 heavy (non-hydrogen) atoms. The van der Waals surface area contributed by atoms with E-state index < -0.39 is 29.9 Å². The normalized spacial score (nSPS) is 15.7. The molecule has 1 saturated heterocycles. The lowest BCUT2D eigenvalue weighted by Gasteiger charge is -2.25. The van der Waals surface area contributed by atoms with Gasteiger partial charge in [0.2, 0.25) is 5.91 Å². The number of benzene rings is 2. The minimum atomic E-state index is -0.961. The highest BCUT2D eigenvalue weighted by atomic mass is 16.5. The Hall–Kier alpha value is -3.88. The first kappa shape index (κ1) is 23.8. The van der Waals surface area contributed by atoms with E-state index in [0.29, 0.717) is 22.7 Å². The van der Waals surface area contributed by atoms with Crippen LogP contribution in [-0.2, 0) is 14.3 Å². The zero-order chi connectivity index (χ0) is 24.1. The summed E-state index contributed by atoms with van der Waals surface area (Å²) in [4.78, 5) is 53.5. The van der Waals surface area contributed by atoms with E-state index in [-0.39, 0.29) is 19.1 Å². The number of carbonyl (C=O) groups excluding carboxylic acids is 4. The quantitative estimate of drug-likeness (QED) is 0.485. The Balaban J connectivity index is 1.79. The Morgan fingerprint density at radius 1 is 1.09 bits per heavy atom. The van der Waals surface area contributed by atoms with Gasteiger partial charge in [-0.15, -0.1) is 0 Å². The van der Waals surface area contributed by atoms with Crippen LogP contribution in [0.5, 0.6) is 5.75 Å². The predicted molar refractivity (Wildman–Crippen MR) is 122 cm³/mol. The third-order valence-corrected chi connectivity index (χ3v) is 5.16. The van der Waals surface area contributed by atoms with E-state index >= 15 is 0 Å². The van der Waals surface area contributed by atoms with E-state index in [9.17, 15) is 19.2 Å². The molecule has 0 spiro atoms. The summed E-state index contributed by atoms with van der Waals surface area (Å²) in [7, 11) is 1.50. The second kappa shape index (κ2) is 10.2. The number of hydrogen-bond acceptors (Lipinski definition) is 6. The molecule has 1 heterocycles. The van der Waals surface area contributed by atoms with Gasteiger partial charge >= 0.3 is 12.0 Å². The van der Waals surface area contributed by atoms with E-state index in [1.807, 2.05) is 0 Å². The summed E-state index contributed by atoms with van der Waals surface area (Å²) in [6.07, 6.45) is -0.229. The SMILES string of the molecule is CCOC(=O)c1cccc(NC(=O)C[C@@H]2C(=O)N(c3cccc(OC)c3)C(=O)N2C(C)C)c1. The Labute approximate surface area is 192 Å². The van der Waals surface area contributed by atoms with Gasteiger partial charge in [-0.25, -0.2) is 14.5 Å². The Morgan fingerprint density at radius 3 is 2.48 bits per heavy atom. The number of anilines is 2. The molecule has 174 valence electrons. The molecule has 1 aliphatic rings. The van der Waals surface area contributed by atoms with Crippen LogP contribution in [0.1, 0.15) is 37.6 Å². The van der Waals surface area contributed by atoms with Crippen LogP contribution in [0, 0.1) is 0 Å². The molecule has 1 N–H and O–H groups in total. The Bertz CT molecular complexity index is 1070.